The van der Waals surface area contributed by atoms with E-state index in [2.05, 4.69) is 49.9 Å². The van der Waals surface area contributed by atoms with E-state index in [1.54, 1.807) is 0 Å². The molecule has 0 atom stereocenters. The van der Waals surface area contributed by atoms with Gasteiger partial charge in [0.25, 0.3) is 5.91 Å². The molecular formula is C21H29N3O2. The fourth-order valence-electron chi connectivity index (χ4n) is 2.95. The summed E-state index contributed by atoms with van der Waals surface area (Å²) in [6.07, 6.45) is 4.98. The summed E-state index contributed by atoms with van der Waals surface area (Å²) in [4.78, 5) is 17.3. The first-order chi connectivity index (χ1) is 12.4. The van der Waals surface area contributed by atoms with E-state index in [9.17, 15) is 4.79 Å². The summed E-state index contributed by atoms with van der Waals surface area (Å²) in [6, 6.07) is 8.52. The van der Waals surface area contributed by atoms with E-state index in [-0.39, 0.29) is 17.2 Å². The lowest BCUT2D eigenvalue weighted by atomic mass is 9.85. The molecule has 0 radical (unpaired) electrons. The third-order valence-electron chi connectivity index (χ3n) is 4.99. The highest BCUT2D eigenvalue weighted by molar-refractivity contribution is 5.85. The highest BCUT2D eigenvalue weighted by Crippen LogP contribution is 2.31. The molecule has 1 saturated carbocycles. The summed E-state index contributed by atoms with van der Waals surface area (Å²) < 4.78 is 7.11. The number of rotatable bonds is 6. The van der Waals surface area contributed by atoms with Crippen LogP contribution in [-0.4, -0.2) is 27.3 Å². The van der Waals surface area contributed by atoms with Crippen molar-refractivity contribution in [1.29, 1.82) is 0 Å². The van der Waals surface area contributed by atoms with Crippen LogP contribution in [0.5, 0.6) is 6.01 Å². The molecule has 1 heterocycles. The predicted octanol–water partition coefficient (Wildman–Crippen LogP) is 4.86. The van der Waals surface area contributed by atoms with Crippen molar-refractivity contribution in [3.63, 3.8) is 0 Å². The summed E-state index contributed by atoms with van der Waals surface area (Å²) in [7, 11) is 0. The lowest BCUT2D eigenvalue weighted by Crippen LogP contribution is -2.28. The van der Waals surface area contributed by atoms with E-state index in [4.69, 9.17) is 4.74 Å². The number of unbranched alkanes of at least 4 members (excludes halogenated alkanes) is 1. The monoisotopic (exact) mass is 355 g/mol. The van der Waals surface area contributed by atoms with Crippen molar-refractivity contribution in [2.45, 2.75) is 65.2 Å². The molecule has 1 aliphatic rings. The van der Waals surface area contributed by atoms with Crippen molar-refractivity contribution >= 4 is 5.91 Å². The maximum absolute atomic E-state index is 12.8. The Morgan fingerprint density at radius 3 is 2.46 bits per heavy atom. The SMILES string of the molecule is CCCCOc1nc(-c2ccc(C(C)(C)C)cc2)n(C(=O)C2CCC2)n1. The molecule has 2 aromatic rings. The summed E-state index contributed by atoms with van der Waals surface area (Å²) >= 11 is 0. The lowest BCUT2D eigenvalue weighted by molar-refractivity contribution is 0.0747. The maximum Gasteiger partial charge on any atom is 0.336 e. The number of aromatic nitrogens is 3. The van der Waals surface area contributed by atoms with E-state index in [1.165, 1.54) is 10.2 Å². The summed E-state index contributed by atoms with van der Waals surface area (Å²) in [5.41, 5.74) is 2.23. The number of hydrogen-bond acceptors (Lipinski definition) is 4. The van der Waals surface area contributed by atoms with Crippen LogP contribution < -0.4 is 4.74 Å². The maximum atomic E-state index is 12.8. The minimum absolute atomic E-state index is 0.0315. The van der Waals surface area contributed by atoms with Crippen molar-refractivity contribution in [2.75, 3.05) is 6.61 Å². The van der Waals surface area contributed by atoms with Gasteiger partial charge in [0, 0.05) is 11.5 Å². The number of ether oxygens (including phenoxy) is 1. The molecule has 1 aromatic heterocycles. The Morgan fingerprint density at radius 2 is 1.92 bits per heavy atom. The predicted molar refractivity (Wildman–Crippen MR) is 103 cm³/mol. The average molecular weight is 355 g/mol. The lowest BCUT2D eigenvalue weighted by Gasteiger charge is -2.23. The minimum atomic E-state index is 0.0315. The zero-order valence-electron chi connectivity index (χ0n) is 16.3. The standard InChI is InChI=1S/C21H29N3O2/c1-5-6-14-26-20-22-18(24(23-20)19(25)16-8-7-9-16)15-10-12-17(13-11-15)21(2,3)4/h10-13,16H,5-9,14H2,1-4H3. The van der Waals surface area contributed by atoms with Crippen LogP contribution in [0.2, 0.25) is 0 Å². The van der Waals surface area contributed by atoms with Gasteiger partial charge in [-0.3, -0.25) is 4.79 Å². The van der Waals surface area contributed by atoms with Crippen molar-refractivity contribution < 1.29 is 9.53 Å². The van der Waals surface area contributed by atoms with Gasteiger partial charge in [0.2, 0.25) is 0 Å². The number of carbonyl (C=O) groups is 1. The minimum Gasteiger partial charge on any atom is -0.462 e. The number of hydrogen-bond donors (Lipinski definition) is 0. The van der Waals surface area contributed by atoms with Gasteiger partial charge in [-0.15, -0.1) is 5.10 Å². The van der Waals surface area contributed by atoms with Gasteiger partial charge < -0.3 is 4.74 Å². The van der Waals surface area contributed by atoms with Crippen molar-refractivity contribution in [3.05, 3.63) is 29.8 Å². The molecular weight excluding hydrogens is 326 g/mol. The first-order valence-electron chi connectivity index (χ1n) is 9.65. The molecule has 0 unspecified atom stereocenters. The van der Waals surface area contributed by atoms with Crippen LogP contribution in [-0.2, 0) is 5.41 Å². The molecule has 0 aliphatic heterocycles. The molecule has 0 saturated heterocycles. The summed E-state index contributed by atoms with van der Waals surface area (Å²) in [5, 5.41) is 4.37. The van der Waals surface area contributed by atoms with Gasteiger partial charge in [-0.1, -0.05) is 64.8 Å². The Balaban J connectivity index is 1.91. The Labute approximate surface area is 155 Å². The highest BCUT2D eigenvalue weighted by Gasteiger charge is 2.30. The fourth-order valence-corrected chi connectivity index (χ4v) is 2.95. The van der Waals surface area contributed by atoms with Gasteiger partial charge in [0.1, 0.15) is 0 Å². The van der Waals surface area contributed by atoms with Gasteiger partial charge in [-0.2, -0.15) is 9.67 Å². The molecule has 140 valence electrons. The molecule has 26 heavy (non-hydrogen) atoms. The van der Waals surface area contributed by atoms with Gasteiger partial charge in [-0.25, -0.2) is 0 Å². The molecule has 1 fully saturated rings. The second-order valence-electron chi connectivity index (χ2n) is 8.13. The number of carbonyl (C=O) groups excluding carboxylic acids is 1. The van der Waals surface area contributed by atoms with Gasteiger partial charge in [0.05, 0.1) is 6.61 Å². The van der Waals surface area contributed by atoms with E-state index < -0.39 is 0 Å². The molecule has 5 heteroatoms. The van der Waals surface area contributed by atoms with Crippen LogP contribution in [0.3, 0.4) is 0 Å². The van der Waals surface area contributed by atoms with Crippen molar-refractivity contribution in [1.82, 2.24) is 14.8 Å². The zero-order chi connectivity index (χ0) is 18.7. The van der Waals surface area contributed by atoms with Crippen LogP contribution in [0.4, 0.5) is 0 Å². The van der Waals surface area contributed by atoms with Crippen LogP contribution in [0.15, 0.2) is 24.3 Å². The largest absolute Gasteiger partial charge is 0.462 e. The van der Waals surface area contributed by atoms with Gasteiger partial charge >= 0.3 is 6.01 Å². The highest BCUT2D eigenvalue weighted by atomic mass is 16.5. The first-order valence-corrected chi connectivity index (χ1v) is 9.65. The summed E-state index contributed by atoms with van der Waals surface area (Å²) in [6.45, 7) is 9.23. The molecule has 0 amide bonds. The van der Waals surface area contributed by atoms with Crippen LogP contribution >= 0.6 is 0 Å². The van der Waals surface area contributed by atoms with Gasteiger partial charge in [-0.05, 0) is 30.2 Å². The van der Waals surface area contributed by atoms with Crippen molar-refractivity contribution in [3.8, 4) is 17.4 Å². The van der Waals surface area contributed by atoms with Crippen molar-refractivity contribution in [2.24, 2.45) is 5.92 Å². The third kappa shape index (κ3) is 3.97. The summed E-state index contributed by atoms with van der Waals surface area (Å²) in [5.74, 6) is 0.672. The molecule has 0 N–H and O–H groups in total. The first kappa shape index (κ1) is 18.6. The molecule has 0 bridgehead atoms. The Morgan fingerprint density at radius 1 is 1.23 bits per heavy atom. The molecule has 1 aromatic carbocycles. The van der Waals surface area contributed by atoms with E-state index >= 15 is 0 Å². The van der Waals surface area contributed by atoms with E-state index in [0.29, 0.717) is 18.4 Å². The average Bonchev–Trinajstić information content (AvgIpc) is 2.97. The quantitative estimate of drug-likeness (QED) is 0.694. The normalized spacial score (nSPS) is 14.9. The number of nitrogens with zero attached hydrogens (tertiary/aromatic N) is 3. The zero-order valence-corrected chi connectivity index (χ0v) is 16.3. The molecule has 3 rings (SSSR count). The Kier molecular flexibility index (Phi) is 5.44. The van der Waals surface area contributed by atoms with Crippen LogP contribution in [0.25, 0.3) is 11.4 Å². The third-order valence-corrected chi connectivity index (χ3v) is 4.99. The molecule has 1 aliphatic carbocycles. The smallest absolute Gasteiger partial charge is 0.336 e. The fraction of sp³-hybridized carbons (Fsp3) is 0.571. The topological polar surface area (TPSA) is 57.0 Å². The molecule has 5 nitrogen and oxygen atoms in total. The molecule has 0 spiro atoms. The van der Waals surface area contributed by atoms with E-state index in [0.717, 1.165) is 37.7 Å². The number of benzene rings is 1. The van der Waals surface area contributed by atoms with Gasteiger partial charge in [0.15, 0.2) is 5.82 Å². The van der Waals surface area contributed by atoms with Crippen LogP contribution in [0.1, 0.15) is 70.2 Å². The Bertz CT molecular complexity index is 753. The second kappa shape index (κ2) is 7.60. The second-order valence-corrected chi connectivity index (χ2v) is 8.13. The van der Waals surface area contributed by atoms with Crippen LogP contribution in [0, 0.1) is 5.92 Å². The Hall–Kier alpha value is -2.17. The van der Waals surface area contributed by atoms with E-state index in [1.807, 2.05) is 12.1 Å².